The molecule has 1 fully saturated rings. The molecule has 0 aliphatic carbocycles. The summed E-state index contributed by atoms with van der Waals surface area (Å²) in [4.78, 5) is 23.1. The summed E-state index contributed by atoms with van der Waals surface area (Å²) in [7, 11) is 1.63. The van der Waals surface area contributed by atoms with Crippen LogP contribution in [0.3, 0.4) is 0 Å². The first-order valence-corrected chi connectivity index (χ1v) is 8.72. The second-order valence-electron chi connectivity index (χ2n) is 5.23. The van der Waals surface area contributed by atoms with E-state index in [4.69, 9.17) is 14.2 Å². The molecular formula is C17H21NO5S. The summed E-state index contributed by atoms with van der Waals surface area (Å²) in [5, 5.41) is 2.74. The highest BCUT2D eigenvalue weighted by Gasteiger charge is 2.35. The highest BCUT2D eigenvalue weighted by atomic mass is 32.2. The maximum absolute atomic E-state index is 11.7. The van der Waals surface area contributed by atoms with Gasteiger partial charge in [0.2, 0.25) is 0 Å². The predicted molar refractivity (Wildman–Crippen MR) is 92.1 cm³/mol. The molecular weight excluding hydrogens is 330 g/mol. The van der Waals surface area contributed by atoms with E-state index in [1.165, 1.54) is 6.08 Å². The maximum Gasteiger partial charge on any atom is 0.407 e. The van der Waals surface area contributed by atoms with E-state index in [-0.39, 0.29) is 19.1 Å². The minimum atomic E-state index is -0.502. The Morgan fingerprint density at radius 1 is 1.42 bits per heavy atom. The number of benzene rings is 1. The lowest BCUT2D eigenvalue weighted by Gasteiger charge is -2.15. The van der Waals surface area contributed by atoms with Crippen LogP contribution in [0.4, 0.5) is 4.79 Å². The van der Waals surface area contributed by atoms with Crippen LogP contribution in [0.2, 0.25) is 0 Å². The van der Waals surface area contributed by atoms with Crippen molar-refractivity contribution in [2.75, 3.05) is 19.5 Å². The highest BCUT2D eigenvalue weighted by Crippen LogP contribution is 2.21. The van der Waals surface area contributed by atoms with E-state index in [9.17, 15) is 9.59 Å². The van der Waals surface area contributed by atoms with Crippen molar-refractivity contribution in [3.05, 3.63) is 42.5 Å². The zero-order chi connectivity index (χ0) is 17.4. The van der Waals surface area contributed by atoms with Crippen molar-refractivity contribution in [1.29, 1.82) is 0 Å². The number of hydrogen-bond acceptors (Lipinski definition) is 6. The molecule has 1 aromatic rings. The fourth-order valence-electron chi connectivity index (χ4n) is 2.23. The van der Waals surface area contributed by atoms with Crippen LogP contribution in [0.5, 0.6) is 5.75 Å². The van der Waals surface area contributed by atoms with E-state index in [0.717, 1.165) is 17.1 Å². The van der Waals surface area contributed by atoms with Gasteiger partial charge in [-0.05, 0) is 17.7 Å². The largest absolute Gasteiger partial charge is 0.497 e. The first kappa shape index (κ1) is 18.2. The van der Waals surface area contributed by atoms with Crippen LogP contribution in [-0.4, -0.2) is 43.7 Å². The van der Waals surface area contributed by atoms with Crippen LogP contribution in [0.25, 0.3) is 0 Å². The molecule has 1 aromatic carbocycles. The predicted octanol–water partition coefficient (Wildman–Crippen LogP) is 2.52. The van der Waals surface area contributed by atoms with Gasteiger partial charge in [-0.1, -0.05) is 24.8 Å². The number of ether oxygens (including phenoxy) is 3. The monoisotopic (exact) mass is 351 g/mol. The Labute approximate surface area is 145 Å². The summed E-state index contributed by atoms with van der Waals surface area (Å²) >= 11 is 1.66. The first-order chi connectivity index (χ1) is 11.6. The summed E-state index contributed by atoms with van der Waals surface area (Å²) < 4.78 is 15.2. The average Bonchev–Trinajstić information content (AvgIpc) is 2.93. The Balaban J connectivity index is 1.79. The summed E-state index contributed by atoms with van der Waals surface area (Å²) in [6, 6.07) is 7.61. The van der Waals surface area contributed by atoms with Gasteiger partial charge in [-0.3, -0.25) is 4.79 Å². The molecule has 0 unspecified atom stereocenters. The number of cyclic esters (lactones) is 1. The van der Waals surface area contributed by atoms with Crippen molar-refractivity contribution >= 4 is 23.8 Å². The standard InChI is InChI=1S/C17H21NO5S/c1-3-8-22-16(19)9-15-14(18-17(20)23-15)11-24-10-12-4-6-13(21-2)7-5-12/h3-7,14-15H,1,8-11H2,2H3,(H,18,20)/t14-,15-/m0/s1. The van der Waals surface area contributed by atoms with Gasteiger partial charge in [-0.2, -0.15) is 11.8 Å². The molecule has 0 saturated carbocycles. The number of hydrogen-bond donors (Lipinski definition) is 1. The van der Waals surface area contributed by atoms with Crippen LogP contribution in [0.15, 0.2) is 36.9 Å². The van der Waals surface area contributed by atoms with Crippen molar-refractivity contribution in [2.24, 2.45) is 0 Å². The molecule has 7 heteroatoms. The number of carbonyl (C=O) groups excluding carboxylic acids is 2. The van der Waals surface area contributed by atoms with Crippen LogP contribution >= 0.6 is 11.8 Å². The molecule has 1 N–H and O–H groups in total. The molecule has 1 heterocycles. The second kappa shape index (κ2) is 9.22. The number of rotatable bonds is 9. The molecule has 24 heavy (non-hydrogen) atoms. The number of alkyl carbamates (subject to hydrolysis) is 1. The van der Waals surface area contributed by atoms with E-state index in [1.807, 2.05) is 24.3 Å². The minimum absolute atomic E-state index is 0.0420. The lowest BCUT2D eigenvalue weighted by molar-refractivity contribution is -0.144. The van der Waals surface area contributed by atoms with Gasteiger partial charge < -0.3 is 19.5 Å². The molecule has 6 nitrogen and oxygen atoms in total. The second-order valence-corrected chi connectivity index (χ2v) is 6.26. The number of methoxy groups -OCH3 is 1. The van der Waals surface area contributed by atoms with E-state index in [2.05, 4.69) is 11.9 Å². The Bertz CT molecular complexity index is 575. The van der Waals surface area contributed by atoms with E-state index in [0.29, 0.717) is 5.75 Å². The Hall–Kier alpha value is -2.15. The number of amides is 1. The maximum atomic E-state index is 11.7. The molecule has 1 aliphatic rings. The topological polar surface area (TPSA) is 73.9 Å². The molecule has 0 aromatic heterocycles. The van der Waals surface area contributed by atoms with E-state index in [1.54, 1.807) is 18.9 Å². The highest BCUT2D eigenvalue weighted by molar-refractivity contribution is 7.98. The fourth-order valence-corrected chi connectivity index (χ4v) is 3.33. The molecule has 2 atom stereocenters. The molecule has 1 amide bonds. The zero-order valence-electron chi connectivity index (χ0n) is 13.5. The number of thioether (sulfide) groups is 1. The van der Waals surface area contributed by atoms with Crippen molar-refractivity contribution in [3.8, 4) is 5.75 Å². The molecule has 130 valence electrons. The molecule has 0 bridgehead atoms. The van der Waals surface area contributed by atoms with Gasteiger partial charge in [-0.25, -0.2) is 4.79 Å². The van der Waals surface area contributed by atoms with Crippen molar-refractivity contribution < 1.29 is 23.8 Å². The van der Waals surface area contributed by atoms with Crippen molar-refractivity contribution in [2.45, 2.75) is 24.3 Å². The SMILES string of the molecule is C=CCOC(=O)C[C@@H]1OC(=O)N[C@H]1CSCc1ccc(OC)cc1. The molecule has 1 aliphatic heterocycles. The molecule has 0 radical (unpaired) electrons. The van der Waals surface area contributed by atoms with E-state index < -0.39 is 18.2 Å². The fraction of sp³-hybridized carbons (Fsp3) is 0.412. The lowest BCUT2D eigenvalue weighted by atomic mass is 10.1. The Kier molecular flexibility index (Phi) is 6.99. The molecule has 2 rings (SSSR count). The van der Waals surface area contributed by atoms with Crippen LogP contribution < -0.4 is 10.1 Å². The number of esters is 1. The smallest absolute Gasteiger partial charge is 0.407 e. The van der Waals surface area contributed by atoms with Gasteiger partial charge in [0.1, 0.15) is 18.5 Å². The van der Waals surface area contributed by atoms with Gasteiger partial charge in [0.25, 0.3) is 0 Å². The summed E-state index contributed by atoms with van der Waals surface area (Å²) in [5.41, 5.74) is 1.16. The van der Waals surface area contributed by atoms with Gasteiger partial charge in [0, 0.05) is 11.5 Å². The number of nitrogens with one attached hydrogen (secondary N) is 1. The normalized spacial score (nSPS) is 19.3. The quantitative estimate of drug-likeness (QED) is 0.544. The third kappa shape index (κ3) is 5.49. The first-order valence-electron chi connectivity index (χ1n) is 7.56. The van der Waals surface area contributed by atoms with Gasteiger partial charge in [0.05, 0.1) is 19.6 Å². The van der Waals surface area contributed by atoms with Crippen LogP contribution in [0.1, 0.15) is 12.0 Å². The van der Waals surface area contributed by atoms with E-state index >= 15 is 0 Å². The molecule has 0 spiro atoms. The van der Waals surface area contributed by atoms with Crippen LogP contribution in [0, 0.1) is 0 Å². The third-order valence-electron chi connectivity index (χ3n) is 3.47. The zero-order valence-corrected chi connectivity index (χ0v) is 14.3. The van der Waals surface area contributed by atoms with Crippen LogP contribution in [-0.2, 0) is 20.0 Å². The Morgan fingerprint density at radius 3 is 2.83 bits per heavy atom. The Morgan fingerprint density at radius 2 is 2.17 bits per heavy atom. The van der Waals surface area contributed by atoms with Crippen molar-refractivity contribution in [3.63, 3.8) is 0 Å². The van der Waals surface area contributed by atoms with Gasteiger partial charge >= 0.3 is 12.1 Å². The van der Waals surface area contributed by atoms with Crippen molar-refractivity contribution in [1.82, 2.24) is 5.32 Å². The molecule has 1 saturated heterocycles. The minimum Gasteiger partial charge on any atom is -0.497 e. The summed E-state index contributed by atoms with van der Waals surface area (Å²) in [6.45, 7) is 3.64. The van der Waals surface area contributed by atoms with Gasteiger partial charge in [0.15, 0.2) is 0 Å². The van der Waals surface area contributed by atoms with Gasteiger partial charge in [-0.15, -0.1) is 0 Å². The summed E-state index contributed by atoms with van der Waals surface area (Å²) in [6.07, 6.45) is 0.545. The number of carbonyl (C=O) groups is 2. The third-order valence-corrected chi connectivity index (χ3v) is 4.60. The average molecular weight is 351 g/mol. The lowest BCUT2D eigenvalue weighted by Crippen LogP contribution is -2.35. The summed E-state index contributed by atoms with van der Waals surface area (Å²) in [5.74, 6) is 1.86.